The molecule has 2 N–H and O–H groups in total. The second-order valence-corrected chi connectivity index (χ2v) is 6.82. The molecule has 0 saturated heterocycles. The number of phenolic OH excluding ortho intramolecular Hbond substituents is 1. The Kier molecular flexibility index (Phi) is 3.73. The van der Waals surface area contributed by atoms with Crippen LogP contribution in [0.25, 0.3) is 11.5 Å². The van der Waals surface area contributed by atoms with Gasteiger partial charge >= 0.3 is 0 Å². The number of carbonyl (C=O) groups is 1. The summed E-state index contributed by atoms with van der Waals surface area (Å²) in [6.45, 7) is 1.90. The highest BCUT2D eigenvalue weighted by molar-refractivity contribution is 5.95. The molecule has 146 valence electrons. The number of aryl methyl sites for hydroxylation is 1. The molecule has 4 heterocycles. The lowest BCUT2D eigenvalue weighted by atomic mass is 9.85. The van der Waals surface area contributed by atoms with Gasteiger partial charge in [-0.3, -0.25) is 4.79 Å². The summed E-state index contributed by atoms with van der Waals surface area (Å²) < 4.78 is 8.40. The smallest absolute Gasteiger partial charge is 0.226 e. The van der Waals surface area contributed by atoms with Crippen molar-refractivity contribution in [1.82, 2.24) is 29.6 Å². The zero-order valence-corrected chi connectivity index (χ0v) is 15.7. The van der Waals surface area contributed by atoms with Crippen LogP contribution >= 0.6 is 0 Å². The van der Waals surface area contributed by atoms with Crippen molar-refractivity contribution in [3.05, 3.63) is 53.5 Å². The number of nitrogens with zero attached hydrogens (tertiary/aromatic N) is 6. The molecule has 1 aromatic carbocycles. The van der Waals surface area contributed by atoms with E-state index < -0.39 is 0 Å². The zero-order chi connectivity index (χ0) is 20.1. The summed E-state index contributed by atoms with van der Waals surface area (Å²) in [6.07, 6.45) is 1.77. The molecule has 0 saturated carbocycles. The Labute approximate surface area is 164 Å². The molecule has 0 bridgehead atoms. The Morgan fingerprint density at radius 3 is 2.93 bits per heavy atom. The minimum absolute atomic E-state index is 0.0515. The predicted octanol–water partition coefficient (Wildman–Crippen LogP) is 1.81. The quantitative estimate of drug-likeness (QED) is 0.546. The molecule has 1 unspecified atom stereocenters. The van der Waals surface area contributed by atoms with Crippen molar-refractivity contribution in [1.29, 1.82) is 0 Å². The summed E-state index contributed by atoms with van der Waals surface area (Å²) in [6, 6.07) is 8.67. The van der Waals surface area contributed by atoms with E-state index in [1.54, 1.807) is 39.5 Å². The summed E-state index contributed by atoms with van der Waals surface area (Å²) in [5, 5.41) is 29.7. The number of methoxy groups -OCH3 is 1. The van der Waals surface area contributed by atoms with Gasteiger partial charge in [0.25, 0.3) is 0 Å². The van der Waals surface area contributed by atoms with Gasteiger partial charge in [0.05, 0.1) is 12.8 Å². The number of phenols is 1. The maximum Gasteiger partial charge on any atom is 0.226 e. The van der Waals surface area contributed by atoms with Crippen LogP contribution in [0.3, 0.4) is 0 Å². The van der Waals surface area contributed by atoms with Gasteiger partial charge in [0.1, 0.15) is 12.1 Å². The van der Waals surface area contributed by atoms with Crippen molar-refractivity contribution < 1.29 is 14.6 Å². The van der Waals surface area contributed by atoms with Crippen LogP contribution in [-0.2, 0) is 4.79 Å². The van der Waals surface area contributed by atoms with Crippen molar-refractivity contribution >= 4 is 17.4 Å². The number of amides is 1. The SMILES string of the molecule is COc1cc(C2CC(=O)Nc3c2c(C)nn3-c2ccc3nncn3n2)ccc1O. The van der Waals surface area contributed by atoms with E-state index in [9.17, 15) is 9.90 Å². The number of hydrogen-bond donors (Lipinski definition) is 2. The molecule has 1 atom stereocenters. The fourth-order valence-electron chi connectivity index (χ4n) is 3.74. The van der Waals surface area contributed by atoms with E-state index in [0.29, 0.717) is 23.0 Å². The largest absolute Gasteiger partial charge is 0.504 e. The van der Waals surface area contributed by atoms with Gasteiger partial charge in [-0.1, -0.05) is 6.07 Å². The fraction of sp³-hybridized carbons (Fsp3) is 0.211. The molecule has 5 rings (SSSR count). The lowest BCUT2D eigenvalue weighted by molar-refractivity contribution is -0.116. The molecular weight excluding hydrogens is 374 g/mol. The molecular formula is C19H17N7O3. The molecule has 0 fully saturated rings. The summed E-state index contributed by atoms with van der Waals surface area (Å²) in [7, 11) is 1.49. The third kappa shape index (κ3) is 2.68. The van der Waals surface area contributed by atoms with Gasteiger partial charge in [0, 0.05) is 17.9 Å². The number of hydrogen-bond acceptors (Lipinski definition) is 7. The van der Waals surface area contributed by atoms with E-state index >= 15 is 0 Å². The molecule has 4 aromatic rings. The molecule has 0 aliphatic carbocycles. The number of aromatic hydroxyl groups is 1. The first kappa shape index (κ1) is 17.2. The van der Waals surface area contributed by atoms with Crippen LogP contribution in [0.5, 0.6) is 11.5 Å². The predicted molar refractivity (Wildman–Crippen MR) is 102 cm³/mol. The maximum atomic E-state index is 12.5. The molecule has 10 nitrogen and oxygen atoms in total. The van der Waals surface area contributed by atoms with Crippen molar-refractivity contribution in [3.8, 4) is 17.3 Å². The molecule has 0 radical (unpaired) electrons. The number of nitrogens with one attached hydrogen (secondary N) is 1. The van der Waals surface area contributed by atoms with Gasteiger partial charge in [-0.25, -0.2) is 0 Å². The number of fused-ring (bicyclic) bond motifs is 2. The average molecular weight is 391 g/mol. The lowest BCUT2D eigenvalue weighted by Gasteiger charge is -2.24. The van der Waals surface area contributed by atoms with E-state index in [2.05, 4.69) is 25.7 Å². The highest BCUT2D eigenvalue weighted by Crippen LogP contribution is 2.42. The van der Waals surface area contributed by atoms with Crippen LogP contribution < -0.4 is 10.1 Å². The Morgan fingerprint density at radius 2 is 2.10 bits per heavy atom. The minimum atomic E-state index is -0.222. The number of ether oxygens (including phenoxy) is 1. The second-order valence-electron chi connectivity index (χ2n) is 6.82. The highest BCUT2D eigenvalue weighted by Gasteiger charge is 2.33. The van der Waals surface area contributed by atoms with Crippen molar-refractivity contribution in [2.24, 2.45) is 0 Å². The van der Waals surface area contributed by atoms with E-state index in [4.69, 9.17) is 4.74 Å². The summed E-state index contributed by atoms with van der Waals surface area (Å²) in [4.78, 5) is 12.5. The molecule has 3 aromatic heterocycles. The van der Waals surface area contributed by atoms with Gasteiger partial charge in [-0.15, -0.1) is 15.3 Å². The first-order valence-corrected chi connectivity index (χ1v) is 8.99. The molecule has 1 aliphatic rings. The number of anilines is 1. The van der Waals surface area contributed by atoms with Gasteiger partial charge in [0.2, 0.25) is 5.91 Å². The van der Waals surface area contributed by atoms with Gasteiger partial charge in [-0.05, 0) is 36.8 Å². The van der Waals surface area contributed by atoms with Crippen molar-refractivity contribution in [2.45, 2.75) is 19.3 Å². The van der Waals surface area contributed by atoms with Gasteiger partial charge in [0.15, 0.2) is 23.0 Å². The van der Waals surface area contributed by atoms with E-state index in [0.717, 1.165) is 16.8 Å². The van der Waals surface area contributed by atoms with E-state index in [1.165, 1.54) is 13.4 Å². The van der Waals surface area contributed by atoms with Crippen LogP contribution in [0.2, 0.25) is 0 Å². The average Bonchev–Trinajstić information content (AvgIpc) is 3.31. The molecule has 10 heteroatoms. The zero-order valence-electron chi connectivity index (χ0n) is 15.7. The van der Waals surface area contributed by atoms with Crippen molar-refractivity contribution in [2.75, 3.05) is 12.4 Å². The fourth-order valence-corrected chi connectivity index (χ4v) is 3.74. The molecule has 0 spiro atoms. The molecule has 29 heavy (non-hydrogen) atoms. The van der Waals surface area contributed by atoms with Crippen LogP contribution in [0.4, 0.5) is 5.82 Å². The first-order chi connectivity index (χ1) is 14.0. The van der Waals surface area contributed by atoms with Crippen LogP contribution in [-0.4, -0.2) is 47.7 Å². The van der Waals surface area contributed by atoms with Crippen LogP contribution in [0.15, 0.2) is 36.7 Å². The maximum absolute atomic E-state index is 12.5. The van der Waals surface area contributed by atoms with E-state index in [-0.39, 0.29) is 24.0 Å². The summed E-state index contributed by atoms with van der Waals surface area (Å²) in [5.74, 6) is 1.18. The first-order valence-electron chi connectivity index (χ1n) is 8.99. The Balaban J connectivity index is 1.66. The van der Waals surface area contributed by atoms with Gasteiger partial charge < -0.3 is 15.2 Å². The third-order valence-corrected chi connectivity index (χ3v) is 5.07. The van der Waals surface area contributed by atoms with Crippen molar-refractivity contribution in [3.63, 3.8) is 0 Å². The number of carbonyl (C=O) groups excluding carboxylic acids is 1. The monoisotopic (exact) mass is 391 g/mol. The second kappa shape index (κ2) is 6.30. The summed E-state index contributed by atoms with van der Waals surface area (Å²) >= 11 is 0. The number of aromatic nitrogens is 6. The topological polar surface area (TPSA) is 119 Å². The standard InChI is InChI=1S/C19H17N7O3/c1-10-18-12(11-3-4-13(27)14(7-11)29-2)8-17(28)21-19(18)26(23-10)16-6-5-15-22-20-9-25(15)24-16/h3-7,9,12,27H,8H2,1-2H3,(H,21,28). The Bertz CT molecular complexity index is 1260. The lowest BCUT2D eigenvalue weighted by Crippen LogP contribution is -2.25. The Morgan fingerprint density at radius 1 is 1.24 bits per heavy atom. The van der Waals surface area contributed by atoms with Crippen LogP contribution in [0.1, 0.15) is 29.2 Å². The normalized spacial score (nSPS) is 15.9. The number of rotatable bonds is 3. The highest BCUT2D eigenvalue weighted by atomic mass is 16.5. The summed E-state index contributed by atoms with van der Waals surface area (Å²) in [5.41, 5.74) is 3.16. The Hall–Kier alpha value is -3.95. The molecule has 1 aliphatic heterocycles. The van der Waals surface area contributed by atoms with Gasteiger partial charge in [-0.2, -0.15) is 14.3 Å². The molecule has 1 amide bonds. The minimum Gasteiger partial charge on any atom is -0.504 e. The number of benzene rings is 1. The van der Waals surface area contributed by atoms with E-state index in [1.807, 2.05) is 6.92 Å². The third-order valence-electron chi connectivity index (χ3n) is 5.07. The van der Waals surface area contributed by atoms with Crippen LogP contribution in [0, 0.1) is 6.92 Å².